The third kappa shape index (κ3) is 3.71. The molecule has 0 saturated carbocycles. The van der Waals surface area contributed by atoms with Gasteiger partial charge in [0.25, 0.3) is 0 Å². The van der Waals surface area contributed by atoms with Crippen LogP contribution < -0.4 is 0 Å². The first-order valence-electron chi connectivity index (χ1n) is 6.58. The lowest BCUT2D eigenvalue weighted by Gasteiger charge is -2.37. The van der Waals surface area contributed by atoms with Gasteiger partial charge in [0.05, 0.1) is 19.2 Å². The van der Waals surface area contributed by atoms with Crippen molar-refractivity contribution in [2.75, 3.05) is 19.7 Å². The van der Waals surface area contributed by atoms with Crippen molar-refractivity contribution in [2.24, 2.45) is 0 Å². The average Bonchev–Trinajstić information content (AvgIpc) is 2.88. The van der Waals surface area contributed by atoms with Crippen LogP contribution in [0.3, 0.4) is 0 Å². The number of aromatic nitrogens is 4. The second kappa shape index (κ2) is 6.58. The minimum absolute atomic E-state index is 0.0479. The number of tetrazole rings is 1. The molecule has 2 heterocycles. The average molecular weight is 268 g/mol. The molecule has 106 valence electrons. The number of amides is 1. The number of piperidine rings is 1. The lowest BCUT2D eigenvalue weighted by molar-refractivity contribution is -0.201. The van der Waals surface area contributed by atoms with Crippen molar-refractivity contribution in [2.45, 2.75) is 39.3 Å². The number of hydroxylamine groups is 2. The van der Waals surface area contributed by atoms with Gasteiger partial charge in [0.2, 0.25) is 5.91 Å². The molecule has 8 heteroatoms. The molecule has 0 aromatic carbocycles. The topological polar surface area (TPSA) is 87.2 Å². The van der Waals surface area contributed by atoms with Gasteiger partial charge < -0.3 is 0 Å². The number of nitrogens with zero attached hydrogens (tertiary/aromatic N) is 5. The number of hydrogen-bond acceptors (Lipinski definition) is 6. The van der Waals surface area contributed by atoms with E-state index in [4.69, 9.17) is 4.84 Å². The molecule has 1 aromatic heterocycles. The Kier molecular flexibility index (Phi) is 4.80. The highest BCUT2D eigenvalue weighted by atomic mass is 16.7. The van der Waals surface area contributed by atoms with Gasteiger partial charge in [0.15, 0.2) is 5.82 Å². The number of nitrogens with one attached hydrogen (secondary N) is 1. The fourth-order valence-corrected chi connectivity index (χ4v) is 2.41. The molecule has 1 aliphatic rings. The van der Waals surface area contributed by atoms with E-state index in [1.165, 1.54) is 12.0 Å². The second-order valence-corrected chi connectivity index (χ2v) is 4.62. The monoisotopic (exact) mass is 268 g/mol. The zero-order chi connectivity index (χ0) is 13.7. The summed E-state index contributed by atoms with van der Waals surface area (Å²) >= 11 is 0. The summed E-state index contributed by atoms with van der Waals surface area (Å²) in [7, 11) is 0. The molecule has 2 rings (SSSR count). The SMILES string of the molecule is CCON(C(C)=O)C1CCCN(Cc2nn[nH]n2)C1. The van der Waals surface area contributed by atoms with Crippen LogP contribution >= 0.6 is 0 Å². The maximum Gasteiger partial charge on any atom is 0.243 e. The minimum Gasteiger partial charge on any atom is -0.294 e. The molecule has 1 saturated heterocycles. The summed E-state index contributed by atoms with van der Waals surface area (Å²) in [6.45, 7) is 6.31. The highest BCUT2D eigenvalue weighted by Crippen LogP contribution is 2.17. The summed E-state index contributed by atoms with van der Waals surface area (Å²) in [5.74, 6) is 0.625. The molecule has 1 aliphatic heterocycles. The van der Waals surface area contributed by atoms with Crippen LogP contribution in [0.1, 0.15) is 32.5 Å². The Morgan fingerprint density at radius 2 is 2.47 bits per heavy atom. The van der Waals surface area contributed by atoms with Gasteiger partial charge in [-0.1, -0.05) is 5.21 Å². The molecule has 1 fully saturated rings. The Bertz CT molecular complexity index is 396. The zero-order valence-electron chi connectivity index (χ0n) is 11.4. The van der Waals surface area contributed by atoms with E-state index in [1.54, 1.807) is 0 Å². The Hall–Kier alpha value is -1.54. The summed E-state index contributed by atoms with van der Waals surface area (Å²) in [4.78, 5) is 19.2. The van der Waals surface area contributed by atoms with Gasteiger partial charge in [-0.15, -0.1) is 10.2 Å². The fourth-order valence-electron chi connectivity index (χ4n) is 2.41. The third-order valence-corrected chi connectivity index (χ3v) is 3.15. The van der Waals surface area contributed by atoms with E-state index in [1.807, 2.05) is 6.92 Å². The zero-order valence-corrected chi connectivity index (χ0v) is 11.4. The highest BCUT2D eigenvalue weighted by molar-refractivity contribution is 5.72. The Balaban J connectivity index is 1.93. The van der Waals surface area contributed by atoms with Gasteiger partial charge in [-0.05, 0) is 26.3 Å². The first kappa shape index (κ1) is 13.9. The van der Waals surface area contributed by atoms with Crippen molar-refractivity contribution >= 4 is 5.91 Å². The molecule has 0 spiro atoms. The summed E-state index contributed by atoms with van der Waals surface area (Å²) in [6.07, 6.45) is 1.99. The van der Waals surface area contributed by atoms with Gasteiger partial charge in [0.1, 0.15) is 0 Å². The quantitative estimate of drug-likeness (QED) is 0.754. The van der Waals surface area contributed by atoms with Crippen LogP contribution in [0.15, 0.2) is 0 Å². The normalized spacial score (nSPS) is 20.4. The van der Waals surface area contributed by atoms with Gasteiger partial charge in [0, 0.05) is 13.5 Å². The van der Waals surface area contributed by atoms with E-state index in [9.17, 15) is 4.79 Å². The van der Waals surface area contributed by atoms with E-state index >= 15 is 0 Å². The molecular formula is C11H20N6O2. The molecular weight excluding hydrogens is 248 g/mol. The number of hydrogen-bond donors (Lipinski definition) is 1. The number of likely N-dealkylation sites (tertiary alicyclic amines) is 1. The lowest BCUT2D eigenvalue weighted by atomic mass is 10.1. The van der Waals surface area contributed by atoms with E-state index in [0.717, 1.165) is 25.9 Å². The Labute approximate surface area is 112 Å². The molecule has 1 amide bonds. The number of H-pyrrole nitrogens is 1. The van der Waals surface area contributed by atoms with Crippen LogP contribution in [0, 0.1) is 0 Å². The van der Waals surface area contributed by atoms with Crippen LogP contribution in [0.4, 0.5) is 0 Å². The van der Waals surface area contributed by atoms with Crippen LogP contribution in [-0.2, 0) is 16.2 Å². The highest BCUT2D eigenvalue weighted by Gasteiger charge is 2.28. The first-order valence-corrected chi connectivity index (χ1v) is 6.58. The van der Waals surface area contributed by atoms with Crippen molar-refractivity contribution in [3.8, 4) is 0 Å². The van der Waals surface area contributed by atoms with Crippen LogP contribution in [0.5, 0.6) is 0 Å². The largest absolute Gasteiger partial charge is 0.294 e. The van der Waals surface area contributed by atoms with E-state index < -0.39 is 0 Å². The fraction of sp³-hybridized carbons (Fsp3) is 0.818. The number of aromatic amines is 1. The van der Waals surface area contributed by atoms with Crippen molar-refractivity contribution < 1.29 is 9.63 Å². The lowest BCUT2D eigenvalue weighted by Crippen LogP contribution is -2.49. The molecule has 19 heavy (non-hydrogen) atoms. The molecule has 0 radical (unpaired) electrons. The summed E-state index contributed by atoms with van der Waals surface area (Å²) in [6, 6.07) is 0.0955. The van der Waals surface area contributed by atoms with E-state index in [-0.39, 0.29) is 11.9 Å². The standard InChI is InChI=1S/C11H20N6O2/c1-3-19-17(9(2)18)10-5-4-6-16(7-10)8-11-12-14-15-13-11/h10H,3-8H2,1-2H3,(H,12,13,14,15). The molecule has 1 N–H and O–H groups in total. The predicted molar refractivity (Wildman–Crippen MR) is 66.6 cm³/mol. The molecule has 0 aliphatic carbocycles. The van der Waals surface area contributed by atoms with Crippen molar-refractivity contribution in [1.29, 1.82) is 0 Å². The van der Waals surface area contributed by atoms with Gasteiger partial charge >= 0.3 is 0 Å². The number of carbonyl (C=O) groups excluding carboxylic acids is 1. The van der Waals surface area contributed by atoms with Gasteiger partial charge in [-0.2, -0.15) is 5.21 Å². The number of carbonyl (C=O) groups is 1. The smallest absolute Gasteiger partial charge is 0.243 e. The van der Waals surface area contributed by atoms with Gasteiger partial charge in [-0.3, -0.25) is 14.5 Å². The molecule has 1 aromatic rings. The molecule has 0 bridgehead atoms. The Morgan fingerprint density at radius 1 is 1.63 bits per heavy atom. The molecule has 8 nitrogen and oxygen atoms in total. The van der Waals surface area contributed by atoms with Crippen LogP contribution in [-0.4, -0.2) is 62.2 Å². The summed E-state index contributed by atoms with van der Waals surface area (Å²) in [5, 5.41) is 15.4. The van der Waals surface area contributed by atoms with Gasteiger partial charge in [-0.25, -0.2) is 5.06 Å². The van der Waals surface area contributed by atoms with Crippen molar-refractivity contribution in [3.63, 3.8) is 0 Å². The van der Waals surface area contributed by atoms with Crippen LogP contribution in [0.25, 0.3) is 0 Å². The molecule has 1 atom stereocenters. The molecule has 1 unspecified atom stereocenters. The summed E-state index contributed by atoms with van der Waals surface area (Å²) < 4.78 is 0. The predicted octanol–water partition coefficient (Wildman–Crippen LogP) is -0.0359. The summed E-state index contributed by atoms with van der Waals surface area (Å²) in [5.41, 5.74) is 0. The Morgan fingerprint density at radius 3 is 3.11 bits per heavy atom. The van der Waals surface area contributed by atoms with E-state index in [2.05, 4.69) is 25.5 Å². The van der Waals surface area contributed by atoms with E-state index in [0.29, 0.717) is 19.0 Å². The number of rotatable bonds is 5. The van der Waals surface area contributed by atoms with Crippen molar-refractivity contribution in [1.82, 2.24) is 30.6 Å². The van der Waals surface area contributed by atoms with Crippen LogP contribution in [0.2, 0.25) is 0 Å². The minimum atomic E-state index is -0.0479. The van der Waals surface area contributed by atoms with Crippen molar-refractivity contribution in [3.05, 3.63) is 5.82 Å². The first-order chi connectivity index (χ1) is 9.20. The maximum atomic E-state index is 11.6. The third-order valence-electron chi connectivity index (χ3n) is 3.15. The maximum absolute atomic E-state index is 11.6. The second-order valence-electron chi connectivity index (χ2n) is 4.62.